The molecule has 0 radical (unpaired) electrons. The van der Waals surface area contributed by atoms with Crippen LogP contribution in [0.2, 0.25) is 0 Å². The molecule has 0 aliphatic carbocycles. The van der Waals surface area contributed by atoms with E-state index in [1.54, 1.807) is 62.8 Å². The Hall–Kier alpha value is -6.16. The molecule has 0 fully saturated rings. The van der Waals surface area contributed by atoms with Gasteiger partial charge in [-0.2, -0.15) is 0 Å². The lowest BCUT2D eigenvalue weighted by Gasteiger charge is -2.20. The van der Waals surface area contributed by atoms with Gasteiger partial charge in [0.05, 0.1) is 69.6 Å². The fraction of sp³-hybridized carbons (Fsp3) is 0.378. The smallest absolute Gasteiger partial charge is 0.253 e. The summed E-state index contributed by atoms with van der Waals surface area (Å²) in [7, 11) is 12.9. The van der Waals surface area contributed by atoms with Gasteiger partial charge in [0.25, 0.3) is 11.8 Å². The van der Waals surface area contributed by atoms with E-state index in [2.05, 4.69) is 36.1 Å². The average molecular weight is 820 g/mol. The van der Waals surface area contributed by atoms with E-state index in [9.17, 15) is 19.2 Å². The van der Waals surface area contributed by atoms with Gasteiger partial charge in [-0.3, -0.25) is 19.2 Å². The van der Waals surface area contributed by atoms with Crippen LogP contribution in [0.25, 0.3) is 43.6 Å². The molecule has 0 unspecified atom stereocenters. The molecule has 0 atom stereocenters. The van der Waals surface area contributed by atoms with Gasteiger partial charge in [-0.05, 0) is 122 Å². The Balaban J connectivity index is 1.15. The molecule has 0 bridgehead atoms. The van der Waals surface area contributed by atoms with E-state index in [-0.39, 0.29) is 22.7 Å². The summed E-state index contributed by atoms with van der Waals surface area (Å²) in [4.78, 5) is 68.0. The van der Waals surface area contributed by atoms with Crippen LogP contribution in [0.3, 0.4) is 0 Å². The number of H-pyrrole nitrogens is 2. The van der Waals surface area contributed by atoms with Crippen molar-refractivity contribution in [1.82, 2.24) is 35.3 Å². The molecule has 60 heavy (non-hydrogen) atoms. The minimum atomic E-state index is -0.258. The Morgan fingerprint density at radius 1 is 0.550 bits per heavy atom. The molecule has 6 aromatic rings. The Morgan fingerprint density at radius 2 is 0.950 bits per heavy atom. The zero-order chi connectivity index (χ0) is 42.9. The van der Waals surface area contributed by atoms with E-state index in [1.807, 2.05) is 57.2 Å². The second kappa shape index (κ2) is 19.7. The maximum atomic E-state index is 14.0. The molecule has 2 heterocycles. The highest BCUT2D eigenvalue weighted by Gasteiger charge is 2.20. The van der Waals surface area contributed by atoms with Gasteiger partial charge in [-0.1, -0.05) is 0 Å². The Kier molecular flexibility index (Phi) is 14.3. The largest absolute Gasteiger partial charge is 0.497 e. The first-order valence-corrected chi connectivity index (χ1v) is 20.3. The van der Waals surface area contributed by atoms with Crippen LogP contribution >= 0.6 is 0 Å². The number of nitrogens with zero attached hydrogens (tertiary/aromatic N) is 3. The number of aromatic nitrogens is 2. The van der Waals surface area contributed by atoms with Gasteiger partial charge in [0.15, 0.2) is 10.9 Å². The highest BCUT2D eigenvalue weighted by molar-refractivity contribution is 6.11. The summed E-state index contributed by atoms with van der Waals surface area (Å²) in [6.07, 6.45) is 1.46. The molecule has 2 amide bonds. The molecule has 15 nitrogen and oxygen atoms in total. The Morgan fingerprint density at radius 3 is 1.33 bits per heavy atom. The summed E-state index contributed by atoms with van der Waals surface area (Å²) in [6.45, 7) is 4.77. The van der Waals surface area contributed by atoms with Crippen LogP contribution in [0, 0.1) is 0 Å². The summed E-state index contributed by atoms with van der Waals surface area (Å²) in [5, 5.41) is 14.7. The predicted molar refractivity (Wildman–Crippen MR) is 243 cm³/mol. The summed E-state index contributed by atoms with van der Waals surface area (Å²) in [5.74, 6) is 0.622. The fourth-order valence-corrected chi connectivity index (χ4v) is 7.30. The van der Waals surface area contributed by atoms with E-state index in [0.717, 1.165) is 25.9 Å². The first-order chi connectivity index (χ1) is 28.9. The molecule has 6 N–H and O–H groups in total. The molecular weight excluding hydrogens is 763 g/mol. The molecule has 0 aliphatic heterocycles. The molecule has 0 spiro atoms. The van der Waals surface area contributed by atoms with E-state index in [4.69, 9.17) is 9.47 Å². The van der Waals surface area contributed by atoms with Gasteiger partial charge in [0, 0.05) is 50.0 Å². The van der Waals surface area contributed by atoms with Crippen LogP contribution in [0.1, 0.15) is 33.6 Å². The lowest BCUT2D eigenvalue weighted by atomic mass is 10.0. The van der Waals surface area contributed by atoms with Crippen LogP contribution in [0.15, 0.2) is 70.3 Å². The number of fused-ring (bicyclic) bond motifs is 4. The second-order valence-corrected chi connectivity index (χ2v) is 15.5. The average Bonchev–Trinajstić information content (AvgIpc) is 3.23. The van der Waals surface area contributed by atoms with Crippen molar-refractivity contribution in [2.75, 3.05) is 112 Å². The quantitative estimate of drug-likeness (QED) is 0.0472. The number of hydrogen-bond acceptors (Lipinski definition) is 11. The lowest BCUT2D eigenvalue weighted by molar-refractivity contribution is 0.0943. The highest BCUT2D eigenvalue weighted by Crippen LogP contribution is 2.29. The number of pyridine rings is 2. The van der Waals surface area contributed by atoms with Crippen molar-refractivity contribution in [3.05, 3.63) is 92.2 Å². The molecule has 6 rings (SSSR count). The first-order valence-electron chi connectivity index (χ1n) is 20.3. The van der Waals surface area contributed by atoms with Crippen LogP contribution in [-0.4, -0.2) is 138 Å². The predicted octanol–water partition coefficient (Wildman–Crippen LogP) is 4.51. The maximum absolute atomic E-state index is 14.0. The zero-order valence-electron chi connectivity index (χ0n) is 35.6. The standard InChI is InChI=1S/C45H57N9O6/c1-52(2)24-20-48-44(57)30-12-16-36-38(42(55)32-26-28(59-6)10-14-34(32)50-36)40(30)46-18-8-22-54(5)23-9-19-47-41-31(45(58)49-21-25-53(3)4)13-17-37-39(41)43(56)33-27-29(60-7)11-15-35(33)51-37/h10-17,26-27,46-47H,8-9,18-25H2,1-7H3,(H,48,57)(H,49,58)(H,50,55)(H,51,56). The lowest BCUT2D eigenvalue weighted by Crippen LogP contribution is -2.32. The second-order valence-electron chi connectivity index (χ2n) is 15.5. The van der Waals surface area contributed by atoms with Crippen molar-refractivity contribution in [3.63, 3.8) is 0 Å². The third-order valence-electron chi connectivity index (χ3n) is 10.6. The highest BCUT2D eigenvalue weighted by atomic mass is 16.5. The number of hydrogen-bond donors (Lipinski definition) is 6. The van der Waals surface area contributed by atoms with Crippen molar-refractivity contribution in [2.45, 2.75) is 12.8 Å². The summed E-state index contributed by atoms with van der Waals surface area (Å²) < 4.78 is 10.8. The molecule has 0 saturated carbocycles. The number of aromatic amines is 2. The van der Waals surface area contributed by atoms with Crippen molar-refractivity contribution in [2.24, 2.45) is 0 Å². The summed E-state index contributed by atoms with van der Waals surface area (Å²) in [6, 6.07) is 17.7. The third-order valence-corrected chi connectivity index (χ3v) is 10.6. The Labute approximate surface area is 349 Å². The van der Waals surface area contributed by atoms with Crippen molar-refractivity contribution in [3.8, 4) is 11.5 Å². The van der Waals surface area contributed by atoms with Gasteiger partial charge in [-0.15, -0.1) is 0 Å². The SMILES string of the molecule is COc1ccc2[nH]c3ccc(C(=O)NCCN(C)C)c(NCCCN(C)CCCNc4c(C(=O)NCCN(C)C)ccc5[nH]c6ccc(OC)cc6c(=O)c45)c3c(=O)c2c1. The monoisotopic (exact) mass is 819 g/mol. The normalized spacial score (nSPS) is 11.6. The van der Waals surface area contributed by atoms with Gasteiger partial charge in [0.2, 0.25) is 0 Å². The van der Waals surface area contributed by atoms with Crippen LogP contribution in [0.5, 0.6) is 11.5 Å². The summed E-state index contributed by atoms with van der Waals surface area (Å²) in [5.41, 5.74) is 4.02. The van der Waals surface area contributed by atoms with E-state index in [0.29, 0.717) is 117 Å². The number of carbonyl (C=O) groups is 2. The van der Waals surface area contributed by atoms with Gasteiger partial charge < -0.3 is 55.4 Å². The van der Waals surface area contributed by atoms with Gasteiger partial charge in [0.1, 0.15) is 11.5 Å². The molecule has 318 valence electrons. The topological polar surface area (TPSA) is 176 Å². The van der Waals surface area contributed by atoms with Crippen molar-refractivity contribution in [1.29, 1.82) is 0 Å². The van der Waals surface area contributed by atoms with E-state index < -0.39 is 0 Å². The number of rotatable bonds is 20. The number of amides is 2. The number of carbonyl (C=O) groups excluding carboxylic acids is 2. The number of nitrogens with one attached hydrogen (secondary N) is 6. The van der Waals surface area contributed by atoms with Gasteiger partial charge in [-0.25, -0.2) is 0 Å². The first kappa shape index (κ1) is 43.4. The molecule has 0 aliphatic rings. The summed E-state index contributed by atoms with van der Waals surface area (Å²) >= 11 is 0. The van der Waals surface area contributed by atoms with Crippen molar-refractivity contribution >= 4 is 66.8 Å². The number of ether oxygens (including phenoxy) is 2. The third kappa shape index (κ3) is 9.99. The van der Waals surface area contributed by atoms with Crippen molar-refractivity contribution < 1.29 is 19.1 Å². The number of benzene rings is 4. The minimum Gasteiger partial charge on any atom is -0.497 e. The number of anilines is 2. The molecular formula is C45H57N9O6. The van der Waals surface area contributed by atoms with Gasteiger partial charge >= 0.3 is 0 Å². The molecule has 0 saturated heterocycles. The molecule has 2 aromatic heterocycles. The minimum absolute atomic E-state index is 0.192. The number of likely N-dealkylation sites (N-methyl/N-ethyl adjacent to an activating group) is 2. The van der Waals surface area contributed by atoms with Crippen LogP contribution in [-0.2, 0) is 0 Å². The van der Waals surface area contributed by atoms with Crippen LogP contribution < -0.4 is 41.6 Å². The molecule has 15 heteroatoms. The molecule has 4 aromatic carbocycles. The van der Waals surface area contributed by atoms with E-state index in [1.165, 1.54) is 0 Å². The fourth-order valence-electron chi connectivity index (χ4n) is 7.30. The number of methoxy groups -OCH3 is 2. The Bertz CT molecular complexity index is 2440. The maximum Gasteiger partial charge on any atom is 0.253 e. The van der Waals surface area contributed by atoms with E-state index >= 15 is 0 Å². The van der Waals surface area contributed by atoms with Crippen LogP contribution in [0.4, 0.5) is 11.4 Å². The zero-order valence-corrected chi connectivity index (χ0v) is 35.6.